The first kappa shape index (κ1) is 54.6. The number of ether oxygens (including phenoxy) is 3. The number of nitrogens with two attached hydrogens (primary N) is 1. The molecule has 0 saturated carbocycles. The minimum Gasteiger partial charge on any atom is -0.505 e. The Morgan fingerprint density at radius 3 is 2.03 bits per heavy atom. The number of aliphatic hydroxyl groups is 1. The number of H-pyrrole nitrogens is 1. The maximum Gasteiger partial charge on any atom is 0.525 e. The van der Waals surface area contributed by atoms with Gasteiger partial charge in [0.2, 0.25) is 23.8 Å². The van der Waals surface area contributed by atoms with Gasteiger partial charge in [-0.25, -0.2) is 19.1 Å². The van der Waals surface area contributed by atoms with E-state index in [4.69, 9.17) is 19.9 Å². The van der Waals surface area contributed by atoms with Crippen LogP contribution in [-0.4, -0.2) is 116 Å². The number of unbranched alkanes of at least 4 members (excludes halogenated alkanes) is 14. The largest absolute Gasteiger partial charge is 0.525 e. The lowest BCUT2D eigenvalue weighted by atomic mass is 10.0. The van der Waals surface area contributed by atoms with Gasteiger partial charge in [0.15, 0.2) is 11.9 Å². The molecule has 0 fully saturated rings. The van der Waals surface area contributed by atoms with Crippen LogP contribution in [0.15, 0.2) is 24.0 Å². The van der Waals surface area contributed by atoms with Crippen LogP contribution in [-0.2, 0) is 58.5 Å². The monoisotopic (exact) mass is 916 g/mol. The number of phosphoric ester groups is 1. The second-order valence-corrected chi connectivity index (χ2v) is 16.8. The minimum atomic E-state index is -5.29. The Labute approximate surface area is 368 Å². The summed E-state index contributed by atoms with van der Waals surface area (Å²) >= 11 is 0. The van der Waals surface area contributed by atoms with Crippen LogP contribution in [0.2, 0.25) is 0 Å². The number of carboxylic acids is 1. The van der Waals surface area contributed by atoms with E-state index in [-0.39, 0.29) is 19.4 Å². The quantitative estimate of drug-likeness (QED) is 0.0264. The summed E-state index contributed by atoms with van der Waals surface area (Å²) in [6, 6.07) is -3.71. The molecule has 5 unspecified atom stereocenters. The summed E-state index contributed by atoms with van der Waals surface area (Å²) in [4.78, 5) is 101. The van der Waals surface area contributed by atoms with Crippen LogP contribution in [0.3, 0.4) is 0 Å². The number of hydrogen-bond acceptors (Lipinski definition) is 14. The predicted molar refractivity (Wildman–Crippen MR) is 227 cm³/mol. The fourth-order valence-electron chi connectivity index (χ4n) is 6.66. The van der Waals surface area contributed by atoms with E-state index in [9.17, 15) is 53.3 Å². The van der Waals surface area contributed by atoms with Gasteiger partial charge in [0, 0.05) is 31.3 Å². The van der Waals surface area contributed by atoms with E-state index in [0.29, 0.717) is 31.5 Å². The zero-order valence-electron chi connectivity index (χ0n) is 36.6. The molecule has 358 valence electrons. The van der Waals surface area contributed by atoms with Gasteiger partial charge in [-0.15, -0.1) is 0 Å². The zero-order valence-corrected chi connectivity index (χ0v) is 37.5. The van der Waals surface area contributed by atoms with Crippen LogP contribution in [0, 0.1) is 0 Å². The molecule has 0 bridgehead atoms. The maximum absolute atomic E-state index is 13.2. The van der Waals surface area contributed by atoms with Gasteiger partial charge in [0.25, 0.3) is 5.76 Å². The molecule has 1 aromatic rings. The third-order valence-corrected chi connectivity index (χ3v) is 10.6. The summed E-state index contributed by atoms with van der Waals surface area (Å²) in [7, 11) is -5.29. The highest BCUT2D eigenvalue weighted by Crippen LogP contribution is 2.42. The highest BCUT2D eigenvalue weighted by atomic mass is 31.2. The normalized spacial score (nSPS) is 15.8. The first-order chi connectivity index (χ1) is 30.1. The molecule has 21 nitrogen and oxygen atoms in total. The number of aromatic amines is 1. The molecule has 3 amide bonds. The van der Waals surface area contributed by atoms with E-state index in [1.807, 2.05) is 0 Å². The Kier molecular flexibility index (Phi) is 26.4. The summed E-state index contributed by atoms with van der Waals surface area (Å²) in [5.74, 6) is -8.18. The molecule has 5 atom stereocenters. The second kappa shape index (κ2) is 30.5. The average molecular weight is 917 g/mol. The van der Waals surface area contributed by atoms with Crippen LogP contribution in [0.1, 0.15) is 142 Å². The number of esters is 2. The van der Waals surface area contributed by atoms with Gasteiger partial charge < -0.3 is 55.6 Å². The first-order valence-corrected chi connectivity index (χ1v) is 23.6. The van der Waals surface area contributed by atoms with Crippen molar-refractivity contribution in [3.8, 4) is 0 Å². The number of carbonyl (C=O) groups excluding carboxylic acids is 5. The Morgan fingerprint density at radius 2 is 1.48 bits per heavy atom. The summed E-state index contributed by atoms with van der Waals surface area (Å²) in [5.41, 5.74) is 6.05. The smallest absolute Gasteiger partial charge is 0.505 e. The van der Waals surface area contributed by atoms with E-state index in [1.54, 1.807) is 0 Å². The number of carbonyl (C=O) groups is 6. The highest BCUT2D eigenvalue weighted by Gasteiger charge is 2.45. The number of imidazole rings is 1. The number of phosphoric acid groups is 1. The third kappa shape index (κ3) is 23.1. The number of hydrogen-bond donors (Lipinski definition) is 9. The number of carboxylic acid groups (broad SMARTS) is 1. The van der Waals surface area contributed by atoms with Crippen LogP contribution in [0.25, 0.3) is 0 Å². The van der Waals surface area contributed by atoms with Crippen molar-refractivity contribution in [2.45, 2.75) is 173 Å². The van der Waals surface area contributed by atoms with Crippen molar-refractivity contribution in [1.82, 2.24) is 25.9 Å². The number of nitrogens with one attached hydrogen (secondary N) is 4. The predicted octanol–water partition coefficient (Wildman–Crippen LogP) is 3.63. The van der Waals surface area contributed by atoms with E-state index < -0.39 is 105 Å². The molecule has 63 heavy (non-hydrogen) atoms. The molecule has 0 radical (unpaired) electrons. The molecule has 0 spiro atoms. The number of nitrogens with zero attached hydrogens (tertiary/aromatic N) is 1. The summed E-state index contributed by atoms with van der Waals surface area (Å²) in [6.45, 7) is 3.71. The van der Waals surface area contributed by atoms with Gasteiger partial charge in [0.05, 0.1) is 19.4 Å². The number of amides is 3. The third-order valence-electron chi connectivity index (χ3n) is 10.2. The van der Waals surface area contributed by atoms with Gasteiger partial charge in [0.1, 0.15) is 18.1 Å². The van der Waals surface area contributed by atoms with Gasteiger partial charge in [-0.3, -0.25) is 29.0 Å². The Hall–Kier alpha value is -4.56. The highest BCUT2D eigenvalue weighted by molar-refractivity contribution is 7.46. The Morgan fingerprint density at radius 1 is 0.873 bits per heavy atom. The number of aliphatic hydroxyl groups excluding tert-OH is 1. The lowest BCUT2D eigenvalue weighted by molar-refractivity contribution is -0.167. The minimum absolute atomic E-state index is 0.0948. The van der Waals surface area contributed by atoms with Crippen LogP contribution in [0.4, 0.5) is 0 Å². The van der Waals surface area contributed by atoms with E-state index in [2.05, 4.69) is 37.4 Å². The van der Waals surface area contributed by atoms with Gasteiger partial charge in [-0.2, -0.15) is 0 Å². The number of aliphatic carboxylic acids is 1. The van der Waals surface area contributed by atoms with E-state index in [0.717, 1.165) is 25.7 Å². The molecule has 0 saturated heterocycles. The molecule has 0 aliphatic carbocycles. The molecule has 1 aliphatic rings. The molecule has 22 heteroatoms. The molecular weight excluding hydrogens is 847 g/mol. The van der Waals surface area contributed by atoms with Gasteiger partial charge in [-0.05, 0) is 39.2 Å². The Balaban J connectivity index is 1.90. The lowest BCUT2D eigenvalue weighted by Gasteiger charge is -2.23. The summed E-state index contributed by atoms with van der Waals surface area (Å²) < 4.78 is 31.8. The molecule has 0 aromatic carbocycles. The maximum atomic E-state index is 13.2. The molecule has 1 aromatic heterocycles. The van der Waals surface area contributed by atoms with Crippen molar-refractivity contribution < 1.29 is 72.1 Å². The van der Waals surface area contributed by atoms with Crippen molar-refractivity contribution in [2.24, 2.45) is 5.73 Å². The van der Waals surface area contributed by atoms with Crippen LogP contribution in [0.5, 0.6) is 0 Å². The van der Waals surface area contributed by atoms with Gasteiger partial charge in [-0.1, -0.05) is 90.4 Å². The molecule has 10 N–H and O–H groups in total. The number of cyclic esters (lactones) is 1. The van der Waals surface area contributed by atoms with E-state index >= 15 is 0 Å². The molecule has 1 aliphatic heterocycles. The average Bonchev–Trinajstić information content (AvgIpc) is 3.84. The van der Waals surface area contributed by atoms with Crippen molar-refractivity contribution in [2.75, 3.05) is 19.8 Å². The zero-order chi connectivity index (χ0) is 46.6. The van der Waals surface area contributed by atoms with Crippen LogP contribution < -0.4 is 21.7 Å². The standard InChI is InChI=1S/C41H69N6O15P/c1-3-4-5-6-7-8-9-10-11-12-13-14-15-18-23-59-26-32(36-35(50)37(41(55)61-36)62-63(56,57)58)60-34(49)21-20-33(48)45-28(2)38(51)46-30(19-16-17-22-42)39(52)47-31(40(53)54)24-29-25-43-27-44-29/h25,27-28,30-32,36,50H,3-24,26,42H2,1-2H3,(H,43,44)(H,45,48)(H,46,51)(H,47,52)(H,53,54)(H2,56,57,58). The topological polar surface area (TPSA) is 328 Å². The first-order valence-electron chi connectivity index (χ1n) is 22.0. The molecule has 2 rings (SSSR count). The van der Waals surface area contributed by atoms with Crippen molar-refractivity contribution in [3.63, 3.8) is 0 Å². The van der Waals surface area contributed by atoms with Gasteiger partial charge >= 0.3 is 25.7 Å². The van der Waals surface area contributed by atoms with Crippen molar-refractivity contribution >= 4 is 43.5 Å². The Bertz CT molecular complexity index is 1640. The van der Waals surface area contributed by atoms with Crippen molar-refractivity contribution in [1.29, 1.82) is 0 Å². The summed E-state index contributed by atoms with van der Waals surface area (Å²) in [5, 5.41) is 27.7. The summed E-state index contributed by atoms with van der Waals surface area (Å²) in [6.07, 6.45) is 15.7. The lowest BCUT2D eigenvalue weighted by Crippen LogP contribution is -2.55. The molecule has 2 heterocycles. The number of aromatic nitrogens is 2. The fourth-order valence-corrected chi connectivity index (χ4v) is 7.07. The SMILES string of the molecule is CCCCCCCCCCCCCCCCOCC(OC(=O)CCC(=O)NC(C)C(=O)NC(CCCCN)C(=O)NC(Cc1cnc[nH]1)C(=O)O)C1OC(=O)C(OP(=O)(O)O)=C1O. The second-order valence-electron chi connectivity index (χ2n) is 15.6. The number of rotatable bonds is 36. The van der Waals surface area contributed by atoms with E-state index in [1.165, 1.54) is 77.2 Å². The van der Waals surface area contributed by atoms with Crippen LogP contribution >= 0.6 is 7.82 Å². The van der Waals surface area contributed by atoms with Crippen molar-refractivity contribution in [3.05, 3.63) is 29.7 Å². The molecular formula is C41H69N6O15P. The fraction of sp³-hybridized carbons (Fsp3) is 0.732.